The van der Waals surface area contributed by atoms with Crippen LogP contribution in [0.1, 0.15) is 32.1 Å². The lowest BCUT2D eigenvalue weighted by Gasteiger charge is -2.28. The average Bonchev–Trinajstić information content (AvgIpc) is 2.50. The van der Waals surface area contributed by atoms with E-state index >= 15 is 0 Å². The van der Waals surface area contributed by atoms with Crippen LogP contribution in [-0.4, -0.2) is 24.3 Å². The van der Waals surface area contributed by atoms with E-state index < -0.39 is 0 Å². The Bertz CT molecular complexity index is 149. The number of aliphatic hydroxyl groups is 1. The summed E-state index contributed by atoms with van der Waals surface area (Å²) in [6.07, 6.45) is 6.58. The fraction of sp³-hybridized carbons (Fsp3) is 1.00. The second-order valence-electron chi connectivity index (χ2n) is 4.24. The third-order valence-electron chi connectivity index (χ3n) is 3.57. The van der Waals surface area contributed by atoms with Gasteiger partial charge in [-0.2, -0.15) is 0 Å². The predicted octanol–water partition coefficient (Wildman–Crippen LogP) is 1.15. The van der Waals surface area contributed by atoms with E-state index in [1.54, 1.807) is 0 Å². The highest BCUT2D eigenvalue weighted by Crippen LogP contribution is 2.35. The van der Waals surface area contributed by atoms with Gasteiger partial charge in [0.05, 0.1) is 0 Å². The maximum absolute atomic E-state index is 8.89. The van der Waals surface area contributed by atoms with Gasteiger partial charge in [0.25, 0.3) is 0 Å². The Labute approximate surface area is 74.4 Å². The molecule has 1 saturated heterocycles. The summed E-state index contributed by atoms with van der Waals surface area (Å²) in [5, 5.41) is 12.5. The second-order valence-corrected chi connectivity index (χ2v) is 4.24. The molecule has 2 nitrogen and oxygen atoms in total. The van der Waals surface area contributed by atoms with Crippen molar-refractivity contribution in [2.75, 3.05) is 13.2 Å². The van der Waals surface area contributed by atoms with E-state index in [1.807, 2.05) is 0 Å². The van der Waals surface area contributed by atoms with Crippen LogP contribution in [0, 0.1) is 11.8 Å². The summed E-state index contributed by atoms with van der Waals surface area (Å²) in [5.74, 6) is 1.64. The zero-order valence-electron chi connectivity index (χ0n) is 7.63. The number of fused-ring (bicyclic) bond motifs is 1. The molecule has 3 atom stereocenters. The van der Waals surface area contributed by atoms with E-state index in [4.69, 9.17) is 5.11 Å². The highest BCUT2D eigenvalue weighted by Gasteiger charge is 2.36. The van der Waals surface area contributed by atoms with Gasteiger partial charge in [-0.05, 0) is 37.6 Å². The van der Waals surface area contributed by atoms with Crippen LogP contribution in [0.5, 0.6) is 0 Å². The summed E-state index contributed by atoms with van der Waals surface area (Å²) in [6, 6.07) is 0.787. The molecule has 1 heterocycles. The van der Waals surface area contributed by atoms with Crippen molar-refractivity contribution >= 4 is 0 Å². The van der Waals surface area contributed by atoms with Crippen LogP contribution in [0.4, 0.5) is 0 Å². The van der Waals surface area contributed by atoms with E-state index in [2.05, 4.69) is 5.32 Å². The fourth-order valence-corrected chi connectivity index (χ4v) is 2.91. The van der Waals surface area contributed by atoms with Crippen LogP contribution < -0.4 is 5.32 Å². The molecule has 2 N–H and O–H groups in total. The van der Waals surface area contributed by atoms with E-state index in [0.29, 0.717) is 6.61 Å². The Morgan fingerprint density at radius 2 is 2.08 bits per heavy atom. The Morgan fingerprint density at radius 1 is 1.25 bits per heavy atom. The first-order valence-corrected chi connectivity index (χ1v) is 5.26. The van der Waals surface area contributed by atoms with Gasteiger partial charge < -0.3 is 10.4 Å². The van der Waals surface area contributed by atoms with E-state index in [0.717, 1.165) is 30.8 Å². The molecule has 0 radical (unpaired) electrons. The first kappa shape index (κ1) is 8.52. The molecule has 12 heavy (non-hydrogen) atoms. The predicted molar refractivity (Wildman–Crippen MR) is 48.9 cm³/mol. The summed E-state index contributed by atoms with van der Waals surface area (Å²) in [7, 11) is 0. The highest BCUT2D eigenvalue weighted by atomic mass is 16.3. The van der Waals surface area contributed by atoms with Crippen molar-refractivity contribution in [3.05, 3.63) is 0 Å². The molecule has 0 aromatic carbocycles. The Morgan fingerprint density at radius 3 is 2.92 bits per heavy atom. The molecule has 2 rings (SSSR count). The SMILES string of the molecule is OCC[C@@H]1CN[C@H]2CCCC[C@H]12. The number of nitrogens with one attached hydrogen (secondary N) is 1. The molecule has 0 unspecified atom stereocenters. The summed E-state index contributed by atoms with van der Waals surface area (Å²) in [6.45, 7) is 1.52. The monoisotopic (exact) mass is 169 g/mol. The third kappa shape index (κ3) is 1.50. The van der Waals surface area contributed by atoms with Crippen molar-refractivity contribution in [2.45, 2.75) is 38.1 Å². The first-order valence-electron chi connectivity index (χ1n) is 5.26. The van der Waals surface area contributed by atoms with E-state index in [9.17, 15) is 0 Å². The molecule has 0 amide bonds. The first-order chi connectivity index (χ1) is 5.92. The smallest absolute Gasteiger partial charge is 0.0434 e. The second kappa shape index (κ2) is 3.75. The van der Waals surface area contributed by atoms with Crippen LogP contribution >= 0.6 is 0 Å². The van der Waals surface area contributed by atoms with Gasteiger partial charge in [-0.15, -0.1) is 0 Å². The van der Waals surface area contributed by atoms with Crippen molar-refractivity contribution in [2.24, 2.45) is 11.8 Å². The molecule has 2 fully saturated rings. The molecule has 70 valence electrons. The van der Waals surface area contributed by atoms with Crippen molar-refractivity contribution in [3.8, 4) is 0 Å². The standard InChI is InChI=1S/C10H19NO/c12-6-5-8-7-11-10-4-2-1-3-9(8)10/h8-12H,1-7H2/t8-,9-,10+/m1/s1. The molecule has 0 aromatic heterocycles. The largest absolute Gasteiger partial charge is 0.396 e. The lowest BCUT2D eigenvalue weighted by molar-refractivity contribution is 0.213. The fourth-order valence-electron chi connectivity index (χ4n) is 2.91. The van der Waals surface area contributed by atoms with Crippen molar-refractivity contribution < 1.29 is 5.11 Å². The number of hydrogen-bond donors (Lipinski definition) is 2. The van der Waals surface area contributed by atoms with Gasteiger partial charge in [-0.1, -0.05) is 12.8 Å². The number of rotatable bonds is 2. The Balaban J connectivity index is 1.92. The zero-order chi connectivity index (χ0) is 8.39. The average molecular weight is 169 g/mol. The molecule has 0 bridgehead atoms. The minimum absolute atomic E-state index is 0.371. The summed E-state index contributed by atoms with van der Waals surface area (Å²) in [4.78, 5) is 0. The van der Waals surface area contributed by atoms with Gasteiger partial charge in [-0.3, -0.25) is 0 Å². The van der Waals surface area contributed by atoms with Crippen LogP contribution in [-0.2, 0) is 0 Å². The van der Waals surface area contributed by atoms with Crippen LogP contribution in [0.25, 0.3) is 0 Å². The highest BCUT2D eigenvalue weighted by molar-refractivity contribution is 4.92. The van der Waals surface area contributed by atoms with Gasteiger partial charge in [0, 0.05) is 12.6 Å². The zero-order valence-corrected chi connectivity index (χ0v) is 7.63. The topological polar surface area (TPSA) is 32.3 Å². The van der Waals surface area contributed by atoms with Crippen molar-refractivity contribution in [1.82, 2.24) is 5.32 Å². The third-order valence-corrected chi connectivity index (χ3v) is 3.57. The normalized spacial score (nSPS) is 41.2. The summed E-state index contributed by atoms with van der Waals surface area (Å²) < 4.78 is 0. The van der Waals surface area contributed by atoms with E-state index in [-0.39, 0.29) is 0 Å². The van der Waals surface area contributed by atoms with Crippen LogP contribution in [0.2, 0.25) is 0 Å². The Kier molecular flexibility index (Phi) is 2.66. The lowest BCUT2D eigenvalue weighted by atomic mass is 9.79. The van der Waals surface area contributed by atoms with Crippen LogP contribution in [0.3, 0.4) is 0 Å². The quantitative estimate of drug-likeness (QED) is 0.650. The van der Waals surface area contributed by atoms with Gasteiger partial charge in [-0.25, -0.2) is 0 Å². The molecule has 1 saturated carbocycles. The molecule has 0 aromatic rings. The van der Waals surface area contributed by atoms with Gasteiger partial charge in [0.15, 0.2) is 0 Å². The molecular weight excluding hydrogens is 150 g/mol. The van der Waals surface area contributed by atoms with Gasteiger partial charge >= 0.3 is 0 Å². The summed E-state index contributed by atoms with van der Waals surface area (Å²) in [5.41, 5.74) is 0. The van der Waals surface area contributed by atoms with Crippen LogP contribution in [0.15, 0.2) is 0 Å². The summed E-state index contributed by atoms with van der Waals surface area (Å²) >= 11 is 0. The molecule has 0 spiro atoms. The minimum atomic E-state index is 0.371. The molecule has 2 heteroatoms. The molecule has 1 aliphatic heterocycles. The van der Waals surface area contributed by atoms with Crippen molar-refractivity contribution in [3.63, 3.8) is 0 Å². The lowest BCUT2D eigenvalue weighted by Crippen LogP contribution is -2.30. The van der Waals surface area contributed by atoms with Gasteiger partial charge in [0.2, 0.25) is 0 Å². The number of hydrogen-bond acceptors (Lipinski definition) is 2. The molecular formula is C10H19NO. The number of aliphatic hydroxyl groups excluding tert-OH is 1. The van der Waals surface area contributed by atoms with Gasteiger partial charge in [0.1, 0.15) is 0 Å². The molecule has 2 aliphatic rings. The Hall–Kier alpha value is -0.0800. The molecule has 1 aliphatic carbocycles. The van der Waals surface area contributed by atoms with E-state index in [1.165, 1.54) is 25.7 Å². The maximum Gasteiger partial charge on any atom is 0.0434 e. The van der Waals surface area contributed by atoms with Crippen molar-refractivity contribution in [1.29, 1.82) is 0 Å². The minimum Gasteiger partial charge on any atom is -0.396 e. The maximum atomic E-state index is 8.89.